The summed E-state index contributed by atoms with van der Waals surface area (Å²) in [6.07, 6.45) is 8.96. The topological polar surface area (TPSA) is 136 Å². The number of nitrogens with zero attached hydrogens (tertiary/aromatic N) is 2. The van der Waals surface area contributed by atoms with E-state index in [1.165, 1.54) is 5.56 Å². The summed E-state index contributed by atoms with van der Waals surface area (Å²) < 4.78 is 84.4. The largest absolute Gasteiger partial charge is 0.492 e. The summed E-state index contributed by atoms with van der Waals surface area (Å²) in [6, 6.07) is 14.0. The van der Waals surface area contributed by atoms with Crippen molar-refractivity contribution in [2.75, 3.05) is 59.7 Å². The second-order valence-electron chi connectivity index (χ2n) is 18.4. The zero-order chi connectivity index (χ0) is 41.1. The van der Waals surface area contributed by atoms with E-state index >= 15 is 0 Å². The highest BCUT2D eigenvalue weighted by Gasteiger charge is 2.43. The quantitative estimate of drug-likeness (QED) is 0.274. The minimum atomic E-state index is -3.66. The summed E-state index contributed by atoms with van der Waals surface area (Å²) in [5.41, 5.74) is 3.41. The molecule has 2 unspecified atom stereocenters. The molecule has 324 valence electrons. The van der Waals surface area contributed by atoms with E-state index in [0.717, 1.165) is 93.5 Å². The van der Waals surface area contributed by atoms with Gasteiger partial charge in [-0.05, 0) is 133 Å². The summed E-state index contributed by atoms with van der Waals surface area (Å²) in [5.74, 6) is 2.24. The van der Waals surface area contributed by atoms with Gasteiger partial charge in [0.1, 0.15) is 24.7 Å². The molecule has 58 heavy (non-hydrogen) atoms. The molecule has 0 radical (unpaired) electrons. The number of ether oxygens (including phenoxy) is 4. The van der Waals surface area contributed by atoms with Crippen LogP contribution >= 0.6 is 0 Å². The van der Waals surface area contributed by atoms with Gasteiger partial charge in [0.25, 0.3) is 0 Å². The number of methoxy groups -OCH3 is 1. The number of hydrogen-bond acceptors (Lipinski definition) is 10. The SMILES string of the molecule is COC[C@H]1[C@@H](NS(=O)(=O)C2CCC2)CCCN1CCOc1cc(C2CC(NS(=O)(=O)C(C)(C)C)[C@@H]3COC4CCC(CC4)c4ccccc4OCCN3C2)ccc1C. The van der Waals surface area contributed by atoms with Crippen LogP contribution in [0.4, 0.5) is 0 Å². The van der Waals surface area contributed by atoms with E-state index in [2.05, 4.69) is 62.6 Å². The summed E-state index contributed by atoms with van der Waals surface area (Å²) >= 11 is 0. The second kappa shape index (κ2) is 18.8. The fourth-order valence-electron chi connectivity index (χ4n) is 9.65. The highest BCUT2D eigenvalue weighted by atomic mass is 32.2. The van der Waals surface area contributed by atoms with Gasteiger partial charge < -0.3 is 18.9 Å². The summed E-state index contributed by atoms with van der Waals surface area (Å²) in [5, 5.41) is -0.278. The lowest BCUT2D eigenvalue weighted by Gasteiger charge is -2.46. The molecule has 12 nitrogen and oxygen atoms in total. The highest BCUT2D eigenvalue weighted by Crippen LogP contribution is 2.40. The van der Waals surface area contributed by atoms with Crippen molar-refractivity contribution in [3.8, 4) is 11.5 Å². The van der Waals surface area contributed by atoms with Gasteiger partial charge >= 0.3 is 0 Å². The molecule has 14 heteroatoms. The van der Waals surface area contributed by atoms with Crippen molar-refractivity contribution in [1.29, 1.82) is 0 Å². The van der Waals surface area contributed by atoms with Crippen molar-refractivity contribution in [2.45, 2.75) is 144 Å². The fourth-order valence-corrected chi connectivity index (χ4v) is 12.5. The minimum Gasteiger partial charge on any atom is -0.492 e. The van der Waals surface area contributed by atoms with E-state index in [4.69, 9.17) is 18.9 Å². The summed E-state index contributed by atoms with van der Waals surface area (Å²) in [4.78, 5) is 4.69. The van der Waals surface area contributed by atoms with E-state index in [1.54, 1.807) is 27.9 Å². The maximum Gasteiger partial charge on any atom is 0.216 e. The Balaban J connectivity index is 1.08. The molecule has 2 N–H and O–H groups in total. The Morgan fingerprint density at radius 2 is 1.66 bits per heavy atom. The van der Waals surface area contributed by atoms with Gasteiger partial charge in [0.15, 0.2) is 0 Å². The highest BCUT2D eigenvalue weighted by molar-refractivity contribution is 7.90. The number of rotatable bonds is 12. The first-order chi connectivity index (χ1) is 27.7. The van der Waals surface area contributed by atoms with Crippen LogP contribution in [0.1, 0.15) is 114 Å². The van der Waals surface area contributed by atoms with Crippen molar-refractivity contribution < 1.29 is 35.8 Å². The molecular weight excluding hydrogens is 777 g/mol. The van der Waals surface area contributed by atoms with Gasteiger partial charge in [-0.1, -0.05) is 36.8 Å². The molecular formula is C44H68N4O8S2. The second-order valence-corrected chi connectivity index (χ2v) is 22.9. The number of fused-ring (bicyclic) bond motifs is 5. The molecule has 4 heterocycles. The molecule has 2 aromatic rings. The van der Waals surface area contributed by atoms with Crippen LogP contribution in [0.15, 0.2) is 42.5 Å². The number of sulfonamides is 2. The lowest BCUT2D eigenvalue weighted by Crippen LogP contribution is -2.61. The van der Waals surface area contributed by atoms with Crippen LogP contribution in [-0.4, -0.2) is 127 Å². The van der Waals surface area contributed by atoms with Crippen molar-refractivity contribution >= 4 is 20.0 Å². The average molecular weight is 845 g/mol. The molecule has 8 rings (SSSR count). The third-order valence-corrected chi connectivity index (χ3v) is 17.8. The molecule has 4 fully saturated rings. The van der Waals surface area contributed by atoms with Gasteiger partial charge in [-0.25, -0.2) is 26.3 Å². The first-order valence-corrected chi connectivity index (χ1v) is 24.8. The smallest absolute Gasteiger partial charge is 0.216 e. The molecule has 2 aromatic carbocycles. The Kier molecular flexibility index (Phi) is 14.2. The lowest BCUT2D eigenvalue weighted by molar-refractivity contribution is -0.0315. The molecule has 2 aliphatic carbocycles. The van der Waals surface area contributed by atoms with Crippen molar-refractivity contribution in [3.63, 3.8) is 0 Å². The number of para-hydroxylation sites is 1. The molecule has 2 bridgehead atoms. The van der Waals surface area contributed by atoms with Gasteiger partial charge in [-0.3, -0.25) is 9.80 Å². The molecule has 2 saturated carbocycles. The molecule has 0 aromatic heterocycles. The Labute approximate surface area is 348 Å². The Morgan fingerprint density at radius 3 is 2.38 bits per heavy atom. The van der Waals surface area contributed by atoms with E-state index < -0.39 is 24.8 Å². The van der Waals surface area contributed by atoms with E-state index in [9.17, 15) is 16.8 Å². The van der Waals surface area contributed by atoms with Gasteiger partial charge in [0.2, 0.25) is 20.0 Å². The Hall–Kier alpha value is -2.30. The summed E-state index contributed by atoms with van der Waals surface area (Å²) in [7, 11) is -5.35. The van der Waals surface area contributed by atoms with Crippen molar-refractivity contribution in [3.05, 3.63) is 59.2 Å². The molecule has 0 spiro atoms. The maximum absolute atomic E-state index is 13.8. The normalized spacial score (nSPS) is 29.5. The fraction of sp³-hybridized carbons (Fsp3) is 0.727. The van der Waals surface area contributed by atoms with Crippen LogP contribution in [0.5, 0.6) is 11.5 Å². The van der Waals surface area contributed by atoms with Gasteiger partial charge in [-0.2, -0.15) is 0 Å². The van der Waals surface area contributed by atoms with Crippen LogP contribution in [0.2, 0.25) is 0 Å². The van der Waals surface area contributed by atoms with Crippen LogP contribution in [0.25, 0.3) is 0 Å². The zero-order valence-electron chi connectivity index (χ0n) is 35.4. The maximum atomic E-state index is 13.8. The molecule has 6 aliphatic rings. The predicted octanol–water partition coefficient (Wildman–Crippen LogP) is 5.70. The lowest BCUT2D eigenvalue weighted by atomic mass is 9.82. The van der Waals surface area contributed by atoms with Gasteiger partial charge in [0.05, 0.1) is 29.3 Å². The summed E-state index contributed by atoms with van der Waals surface area (Å²) in [6.45, 7) is 12.0. The van der Waals surface area contributed by atoms with Gasteiger partial charge in [-0.15, -0.1) is 0 Å². The Morgan fingerprint density at radius 1 is 0.879 bits per heavy atom. The number of hydrogen-bond donors (Lipinski definition) is 2. The predicted molar refractivity (Wildman–Crippen MR) is 228 cm³/mol. The zero-order valence-corrected chi connectivity index (χ0v) is 37.0. The monoisotopic (exact) mass is 844 g/mol. The molecule has 2 saturated heterocycles. The van der Waals surface area contributed by atoms with Crippen LogP contribution in [0.3, 0.4) is 0 Å². The van der Waals surface area contributed by atoms with Gasteiger partial charge in [0, 0.05) is 50.9 Å². The molecule has 4 aliphatic heterocycles. The first-order valence-electron chi connectivity index (χ1n) is 21.8. The van der Waals surface area contributed by atoms with E-state index in [0.29, 0.717) is 51.9 Å². The number of nitrogens with one attached hydrogen (secondary N) is 2. The van der Waals surface area contributed by atoms with E-state index in [1.807, 2.05) is 6.07 Å². The van der Waals surface area contributed by atoms with E-state index in [-0.39, 0.29) is 41.4 Å². The van der Waals surface area contributed by atoms with Crippen LogP contribution in [0, 0.1) is 6.92 Å². The van der Waals surface area contributed by atoms with Crippen LogP contribution in [-0.2, 0) is 29.5 Å². The number of aryl methyl sites for hydroxylation is 1. The molecule has 5 atom stereocenters. The third kappa shape index (κ3) is 10.2. The first kappa shape index (κ1) is 43.8. The van der Waals surface area contributed by atoms with Crippen LogP contribution < -0.4 is 18.9 Å². The molecule has 0 amide bonds. The third-order valence-electron chi connectivity index (χ3n) is 13.6. The average Bonchev–Trinajstić information content (AvgIpc) is 3.17. The standard InChI is InChI=1S/C44H68N4O8S2/c1-31-15-16-33(27-43(31)55-24-22-47-21-9-13-38(40(47)29-53-5)45-57(49,50)36-10-8-11-36)34-26-39(46-58(51,52)44(2,3)4)41-30-56-35-19-17-32(18-20-35)37-12-6-7-14-42(37)54-25-23-48(41)28-34/h6-7,12,14-16,27,32,34-36,38-41,45-46H,8-11,13,17-26,28-30H2,1-5H3/t32?,34?,35?,38-,39?,40-,41-/m0/s1. The number of benzene rings is 2. The minimum absolute atomic E-state index is 0.0309. The van der Waals surface area contributed by atoms with Crippen molar-refractivity contribution in [1.82, 2.24) is 19.2 Å². The number of piperidine rings is 2. The Bertz CT molecular complexity index is 1890. The number of likely N-dealkylation sites (tertiary alicyclic amines) is 1. The van der Waals surface area contributed by atoms with Crippen molar-refractivity contribution in [2.24, 2.45) is 0 Å².